The quantitative estimate of drug-likeness (QED) is 0.168. The fourth-order valence-corrected chi connectivity index (χ4v) is 4.50. The Morgan fingerprint density at radius 2 is 1.55 bits per heavy atom. The van der Waals surface area contributed by atoms with Crippen LogP contribution in [0.2, 0.25) is 0 Å². The third kappa shape index (κ3) is 9.55. The molecule has 0 aliphatic rings. The van der Waals surface area contributed by atoms with Crippen LogP contribution in [0.3, 0.4) is 0 Å². The predicted octanol–water partition coefficient (Wildman–Crippen LogP) is 1.22. The minimum atomic E-state index is -1.66. The summed E-state index contributed by atoms with van der Waals surface area (Å²) in [4.78, 5) is 13.1. The van der Waals surface area contributed by atoms with Gasteiger partial charge < -0.3 is 40.7 Å². The molecule has 2 rings (SSSR count). The van der Waals surface area contributed by atoms with Crippen molar-refractivity contribution in [3.05, 3.63) is 50.9 Å². The lowest BCUT2D eigenvalue weighted by Crippen LogP contribution is -2.45. The number of halogens is 2. The highest BCUT2D eigenvalue weighted by molar-refractivity contribution is 9.11. The molecule has 12 heteroatoms. The van der Waals surface area contributed by atoms with Gasteiger partial charge in [-0.3, -0.25) is 9.69 Å². The highest BCUT2D eigenvalue weighted by Crippen LogP contribution is 2.38. The van der Waals surface area contributed by atoms with Crippen molar-refractivity contribution < 1.29 is 40.2 Å². The van der Waals surface area contributed by atoms with E-state index in [1.807, 2.05) is 0 Å². The summed E-state index contributed by atoms with van der Waals surface area (Å²) >= 11 is 6.88. The lowest BCUT2D eigenvalue weighted by atomic mass is 10.1. The number of nitrogens with zero attached hydrogens (tertiary/aromatic N) is 1. The molecule has 0 aromatic heterocycles. The Morgan fingerprint density at radius 1 is 1.00 bits per heavy atom. The topological polar surface area (TPSA) is 163 Å². The molecule has 0 saturated carbocycles. The van der Waals surface area contributed by atoms with Gasteiger partial charge in [0, 0.05) is 26.2 Å². The lowest BCUT2D eigenvalue weighted by Gasteiger charge is -2.25. The van der Waals surface area contributed by atoms with Gasteiger partial charge in [-0.25, -0.2) is 0 Å². The number of aliphatic hydroxyl groups excluding tert-OH is 2. The number of aromatic hydroxyl groups is 1. The van der Waals surface area contributed by atoms with Gasteiger partial charge in [0.1, 0.15) is 17.5 Å². The number of carboxylic acids is 1. The van der Waals surface area contributed by atoms with Gasteiger partial charge in [0.15, 0.2) is 18.3 Å². The van der Waals surface area contributed by atoms with Crippen LogP contribution >= 0.6 is 31.9 Å². The summed E-state index contributed by atoms with van der Waals surface area (Å²) in [7, 11) is 0. The lowest BCUT2D eigenvalue weighted by molar-refractivity contribution is -0.139. The number of ether oxygens (including phenoxy) is 1. The van der Waals surface area contributed by atoms with Crippen molar-refractivity contribution in [2.75, 3.05) is 26.2 Å². The van der Waals surface area contributed by atoms with Gasteiger partial charge in [0.25, 0.3) is 0 Å². The van der Waals surface area contributed by atoms with Crippen molar-refractivity contribution >= 4 is 37.8 Å². The van der Waals surface area contributed by atoms with E-state index in [4.69, 9.17) is 25.2 Å². The molecule has 0 aliphatic carbocycles. The van der Waals surface area contributed by atoms with Crippen molar-refractivity contribution in [2.24, 2.45) is 0 Å². The maximum absolute atomic E-state index is 11.7. The highest BCUT2D eigenvalue weighted by Gasteiger charge is 2.20. The number of aliphatic hydroxyl groups is 4. The fourth-order valence-electron chi connectivity index (χ4n) is 3.06. The van der Waals surface area contributed by atoms with Gasteiger partial charge in [0.05, 0.1) is 8.95 Å². The SMILES string of the molecule is O=C(O)[C@H](Cc1cc(Br)c(Oc2ccc(O)cc2)c(Br)c1)NCCN(CC(O)O)CC(O)O. The van der Waals surface area contributed by atoms with Crippen LogP contribution in [0.25, 0.3) is 0 Å². The van der Waals surface area contributed by atoms with E-state index in [0.717, 1.165) is 0 Å². The fraction of sp³-hybridized carbons (Fsp3) is 0.381. The Labute approximate surface area is 207 Å². The van der Waals surface area contributed by atoms with E-state index in [0.29, 0.717) is 26.0 Å². The van der Waals surface area contributed by atoms with Crippen molar-refractivity contribution in [1.29, 1.82) is 0 Å². The molecular formula is C21H26Br2N2O8. The molecule has 0 radical (unpaired) electrons. The molecule has 0 heterocycles. The average molecular weight is 594 g/mol. The van der Waals surface area contributed by atoms with Gasteiger partial charge in [-0.2, -0.15) is 0 Å². The minimum Gasteiger partial charge on any atom is -0.508 e. The number of hydrogen-bond donors (Lipinski definition) is 7. The minimum absolute atomic E-state index is 0.117. The summed E-state index contributed by atoms with van der Waals surface area (Å²) < 4.78 is 7.03. The second kappa shape index (κ2) is 13.2. The van der Waals surface area contributed by atoms with E-state index >= 15 is 0 Å². The first kappa shape index (κ1) is 27.5. The smallest absolute Gasteiger partial charge is 0.321 e. The molecule has 33 heavy (non-hydrogen) atoms. The second-order valence-electron chi connectivity index (χ2n) is 7.25. The molecule has 2 aromatic rings. The molecule has 0 aliphatic heterocycles. The Hall–Kier alpha value is -1.77. The molecular weight excluding hydrogens is 568 g/mol. The number of hydrogen-bond acceptors (Lipinski definition) is 9. The predicted molar refractivity (Wildman–Crippen MR) is 126 cm³/mol. The van der Waals surface area contributed by atoms with Gasteiger partial charge in [-0.15, -0.1) is 0 Å². The van der Waals surface area contributed by atoms with Gasteiger partial charge in [-0.1, -0.05) is 0 Å². The summed E-state index contributed by atoms with van der Waals surface area (Å²) in [5.41, 5.74) is 0.708. The number of aliphatic carboxylic acids is 1. The van der Waals surface area contributed by atoms with Crippen LogP contribution in [0.15, 0.2) is 45.3 Å². The number of carboxylic acid groups (broad SMARTS) is 1. The van der Waals surface area contributed by atoms with Crippen LogP contribution in [0, 0.1) is 0 Å². The normalized spacial score (nSPS) is 12.5. The zero-order valence-corrected chi connectivity index (χ0v) is 20.6. The van der Waals surface area contributed by atoms with E-state index in [-0.39, 0.29) is 38.3 Å². The molecule has 0 amide bonds. The van der Waals surface area contributed by atoms with E-state index < -0.39 is 24.6 Å². The molecule has 0 spiro atoms. The maximum atomic E-state index is 11.7. The number of nitrogens with one attached hydrogen (secondary N) is 1. The Kier molecular flexibility index (Phi) is 11.0. The van der Waals surface area contributed by atoms with Crippen LogP contribution in [0.1, 0.15) is 5.56 Å². The van der Waals surface area contributed by atoms with E-state index in [1.54, 1.807) is 24.3 Å². The van der Waals surface area contributed by atoms with Gasteiger partial charge >= 0.3 is 5.97 Å². The average Bonchev–Trinajstić information content (AvgIpc) is 2.70. The van der Waals surface area contributed by atoms with Crippen LogP contribution in [-0.2, 0) is 11.2 Å². The first-order chi connectivity index (χ1) is 15.5. The number of benzene rings is 2. The van der Waals surface area contributed by atoms with Crippen molar-refractivity contribution in [3.8, 4) is 17.2 Å². The third-order valence-corrected chi connectivity index (χ3v) is 5.69. The molecule has 0 unspecified atom stereocenters. The number of carbonyl (C=O) groups is 1. The maximum Gasteiger partial charge on any atom is 0.321 e. The molecule has 182 valence electrons. The summed E-state index contributed by atoms with van der Waals surface area (Å²) in [6, 6.07) is 8.77. The van der Waals surface area contributed by atoms with Crippen LogP contribution in [-0.4, -0.2) is 86.3 Å². The van der Waals surface area contributed by atoms with Crippen molar-refractivity contribution in [1.82, 2.24) is 10.2 Å². The largest absolute Gasteiger partial charge is 0.508 e. The Morgan fingerprint density at radius 3 is 2.03 bits per heavy atom. The Bertz CT molecular complexity index is 879. The number of phenolic OH excluding ortho intramolecular Hbond substituents is 1. The molecule has 0 fully saturated rings. The second-order valence-corrected chi connectivity index (χ2v) is 8.96. The molecule has 1 atom stereocenters. The van der Waals surface area contributed by atoms with Crippen molar-refractivity contribution in [3.63, 3.8) is 0 Å². The molecule has 0 saturated heterocycles. The summed E-state index contributed by atoms with van der Waals surface area (Å²) in [6.07, 6.45) is -3.16. The highest BCUT2D eigenvalue weighted by atomic mass is 79.9. The number of rotatable bonds is 13. The van der Waals surface area contributed by atoms with Crippen molar-refractivity contribution in [2.45, 2.75) is 25.0 Å². The van der Waals surface area contributed by atoms with Crippen LogP contribution in [0.4, 0.5) is 0 Å². The van der Waals surface area contributed by atoms with E-state index in [2.05, 4.69) is 37.2 Å². The summed E-state index contributed by atoms with van der Waals surface area (Å²) in [5, 5.41) is 58.3. The monoisotopic (exact) mass is 592 g/mol. The molecule has 0 bridgehead atoms. The number of phenols is 1. The summed E-state index contributed by atoms with van der Waals surface area (Å²) in [6.45, 7) is -0.0779. The van der Waals surface area contributed by atoms with E-state index in [9.17, 15) is 15.0 Å². The summed E-state index contributed by atoms with van der Waals surface area (Å²) in [5.74, 6) is 0.0523. The molecule has 7 N–H and O–H groups in total. The van der Waals surface area contributed by atoms with Gasteiger partial charge in [-0.05, 0) is 80.2 Å². The zero-order chi connectivity index (χ0) is 24.5. The molecule has 10 nitrogen and oxygen atoms in total. The van der Waals surface area contributed by atoms with Crippen LogP contribution < -0.4 is 10.1 Å². The molecule has 2 aromatic carbocycles. The van der Waals surface area contributed by atoms with Gasteiger partial charge in [0.2, 0.25) is 0 Å². The standard InChI is InChI=1S/C21H26Br2N2O8/c22-15-7-12(8-16(23)20(15)33-14-3-1-13(26)2-4-14)9-17(21(31)32)24-5-6-25(10-18(27)28)11-19(29)30/h1-4,7-8,17-19,24,26-30H,5-6,9-11H2,(H,31,32)/t17-/m0/s1. The van der Waals surface area contributed by atoms with E-state index in [1.165, 1.54) is 17.0 Å². The zero-order valence-electron chi connectivity index (χ0n) is 17.4. The van der Waals surface area contributed by atoms with Crippen LogP contribution in [0.5, 0.6) is 17.2 Å². The Balaban J connectivity index is 2.03. The third-order valence-electron chi connectivity index (χ3n) is 4.51. The first-order valence-electron chi connectivity index (χ1n) is 9.90. The first-order valence-corrected chi connectivity index (χ1v) is 11.5.